The first-order valence-corrected chi connectivity index (χ1v) is 6.29. The van der Waals surface area contributed by atoms with Crippen LogP contribution in [-0.4, -0.2) is 41.7 Å². The summed E-state index contributed by atoms with van der Waals surface area (Å²) in [4.78, 5) is 2.23. The minimum atomic E-state index is -0.473. The highest BCUT2D eigenvalue weighted by molar-refractivity contribution is 5.28. The molecule has 0 aromatic heterocycles. The Labute approximate surface area is 108 Å². The number of phenolic OH excluding ortho intramolecular Hbond substituents is 1. The van der Waals surface area contributed by atoms with Gasteiger partial charge in [0.15, 0.2) is 0 Å². The van der Waals surface area contributed by atoms with Crippen molar-refractivity contribution in [1.29, 1.82) is 5.26 Å². The lowest BCUT2D eigenvalue weighted by Crippen LogP contribution is -2.55. The lowest BCUT2D eigenvalue weighted by atomic mass is 9.91. The number of nitrogens with one attached hydrogen (secondary N) is 1. The van der Waals surface area contributed by atoms with Crippen molar-refractivity contribution >= 4 is 0 Å². The van der Waals surface area contributed by atoms with Crippen molar-refractivity contribution in [3.63, 3.8) is 0 Å². The van der Waals surface area contributed by atoms with Crippen LogP contribution in [0.3, 0.4) is 0 Å². The molecule has 1 unspecified atom stereocenters. The first-order chi connectivity index (χ1) is 8.64. The zero-order valence-electron chi connectivity index (χ0n) is 10.7. The summed E-state index contributed by atoms with van der Waals surface area (Å²) >= 11 is 0. The van der Waals surface area contributed by atoms with E-state index in [9.17, 15) is 10.4 Å². The van der Waals surface area contributed by atoms with Crippen LogP contribution in [0.15, 0.2) is 24.3 Å². The second kappa shape index (κ2) is 5.38. The predicted molar refractivity (Wildman–Crippen MR) is 70.3 cm³/mol. The summed E-state index contributed by atoms with van der Waals surface area (Å²) < 4.78 is 0. The molecular weight excluding hydrogens is 226 g/mol. The van der Waals surface area contributed by atoms with Gasteiger partial charge in [-0.1, -0.05) is 12.1 Å². The van der Waals surface area contributed by atoms with E-state index < -0.39 is 5.54 Å². The van der Waals surface area contributed by atoms with Gasteiger partial charge in [-0.3, -0.25) is 4.90 Å². The maximum Gasteiger partial charge on any atom is 0.115 e. The second-order valence-corrected chi connectivity index (χ2v) is 4.97. The number of benzene rings is 1. The van der Waals surface area contributed by atoms with E-state index >= 15 is 0 Å². The van der Waals surface area contributed by atoms with Crippen LogP contribution in [0.1, 0.15) is 12.5 Å². The topological polar surface area (TPSA) is 59.3 Å². The van der Waals surface area contributed by atoms with E-state index in [1.165, 1.54) is 0 Å². The largest absolute Gasteiger partial charge is 0.508 e. The number of piperazine rings is 1. The number of nitrogens with zero attached hydrogens (tertiary/aromatic N) is 2. The van der Waals surface area contributed by atoms with E-state index in [2.05, 4.69) is 16.3 Å². The van der Waals surface area contributed by atoms with E-state index in [1.807, 2.05) is 19.1 Å². The third-order valence-electron chi connectivity index (χ3n) is 3.54. The van der Waals surface area contributed by atoms with Crippen LogP contribution in [0.5, 0.6) is 5.75 Å². The van der Waals surface area contributed by atoms with Gasteiger partial charge < -0.3 is 10.4 Å². The molecule has 1 aromatic rings. The van der Waals surface area contributed by atoms with Crippen molar-refractivity contribution in [2.45, 2.75) is 18.9 Å². The maximum absolute atomic E-state index is 9.49. The fourth-order valence-electron chi connectivity index (χ4n) is 2.39. The molecule has 4 nitrogen and oxygen atoms in total. The van der Waals surface area contributed by atoms with E-state index in [4.69, 9.17) is 0 Å². The molecule has 4 heteroatoms. The van der Waals surface area contributed by atoms with Crippen molar-refractivity contribution < 1.29 is 5.11 Å². The van der Waals surface area contributed by atoms with Gasteiger partial charge in [-0.15, -0.1) is 0 Å². The summed E-state index contributed by atoms with van der Waals surface area (Å²) in [5, 5.41) is 22.1. The Morgan fingerprint density at radius 2 is 1.94 bits per heavy atom. The summed E-state index contributed by atoms with van der Waals surface area (Å²) in [5.74, 6) is 0.264. The Kier molecular flexibility index (Phi) is 3.85. The Morgan fingerprint density at radius 3 is 2.50 bits per heavy atom. The molecule has 0 saturated carbocycles. The molecule has 1 aromatic carbocycles. The van der Waals surface area contributed by atoms with E-state index in [0.29, 0.717) is 6.42 Å². The van der Waals surface area contributed by atoms with Gasteiger partial charge in [0.05, 0.1) is 6.07 Å². The lowest BCUT2D eigenvalue weighted by molar-refractivity contribution is 0.132. The van der Waals surface area contributed by atoms with Crippen LogP contribution >= 0.6 is 0 Å². The minimum absolute atomic E-state index is 0.264. The third kappa shape index (κ3) is 2.81. The molecule has 1 fully saturated rings. The molecule has 1 heterocycles. The van der Waals surface area contributed by atoms with Crippen LogP contribution in [-0.2, 0) is 6.42 Å². The Morgan fingerprint density at radius 1 is 1.33 bits per heavy atom. The van der Waals surface area contributed by atoms with Crippen LogP contribution in [0.4, 0.5) is 0 Å². The average molecular weight is 245 g/mol. The molecule has 96 valence electrons. The quantitative estimate of drug-likeness (QED) is 0.838. The monoisotopic (exact) mass is 245 g/mol. The number of hydrogen-bond acceptors (Lipinski definition) is 4. The van der Waals surface area contributed by atoms with Gasteiger partial charge in [-0.05, 0) is 24.6 Å². The number of phenols is 1. The van der Waals surface area contributed by atoms with Crippen LogP contribution in [0.2, 0.25) is 0 Å². The van der Waals surface area contributed by atoms with Gasteiger partial charge in [0.25, 0.3) is 0 Å². The highest BCUT2D eigenvalue weighted by atomic mass is 16.3. The average Bonchev–Trinajstić information content (AvgIpc) is 2.42. The molecule has 1 saturated heterocycles. The van der Waals surface area contributed by atoms with Crippen LogP contribution in [0.25, 0.3) is 0 Å². The molecule has 18 heavy (non-hydrogen) atoms. The smallest absolute Gasteiger partial charge is 0.115 e. The van der Waals surface area contributed by atoms with Crippen molar-refractivity contribution in [2.24, 2.45) is 0 Å². The predicted octanol–water partition coefficient (Wildman–Crippen LogP) is 1.12. The SMILES string of the molecule is CC(C#N)(Cc1ccc(O)cc1)N1CCNCC1. The summed E-state index contributed by atoms with van der Waals surface area (Å²) in [6, 6.07) is 9.55. The third-order valence-corrected chi connectivity index (χ3v) is 3.54. The Balaban J connectivity index is 2.12. The molecule has 2 N–H and O–H groups in total. The lowest BCUT2D eigenvalue weighted by Gasteiger charge is -2.38. The van der Waals surface area contributed by atoms with Crippen molar-refractivity contribution in [3.05, 3.63) is 29.8 Å². The normalized spacial score (nSPS) is 20.0. The number of hydrogen-bond donors (Lipinski definition) is 2. The molecule has 1 atom stereocenters. The van der Waals surface area contributed by atoms with Gasteiger partial charge in [-0.25, -0.2) is 0 Å². The standard InChI is InChI=1S/C14H19N3O/c1-14(11-15,17-8-6-16-7-9-17)10-12-2-4-13(18)5-3-12/h2-5,16,18H,6-10H2,1H3. The first kappa shape index (κ1) is 12.9. The van der Waals surface area contributed by atoms with E-state index in [0.717, 1.165) is 31.7 Å². The zero-order chi connectivity index (χ0) is 13.0. The van der Waals surface area contributed by atoms with Crippen LogP contribution < -0.4 is 5.32 Å². The van der Waals surface area contributed by atoms with E-state index in [-0.39, 0.29) is 5.75 Å². The molecular formula is C14H19N3O. The van der Waals surface area contributed by atoms with Crippen LogP contribution in [0, 0.1) is 11.3 Å². The molecule has 0 radical (unpaired) electrons. The molecule has 0 spiro atoms. The molecule has 0 aliphatic carbocycles. The summed E-state index contributed by atoms with van der Waals surface area (Å²) in [7, 11) is 0. The summed E-state index contributed by atoms with van der Waals surface area (Å²) in [5.41, 5.74) is 0.606. The zero-order valence-corrected chi connectivity index (χ0v) is 10.7. The number of aromatic hydroxyl groups is 1. The van der Waals surface area contributed by atoms with Crippen molar-refractivity contribution in [1.82, 2.24) is 10.2 Å². The van der Waals surface area contributed by atoms with Gasteiger partial charge in [0, 0.05) is 32.6 Å². The van der Waals surface area contributed by atoms with Gasteiger partial charge >= 0.3 is 0 Å². The number of rotatable bonds is 3. The molecule has 0 amide bonds. The van der Waals surface area contributed by atoms with Gasteiger partial charge in [0.1, 0.15) is 11.3 Å². The Bertz CT molecular complexity index is 431. The highest BCUT2D eigenvalue weighted by Gasteiger charge is 2.32. The van der Waals surface area contributed by atoms with E-state index in [1.54, 1.807) is 12.1 Å². The fraction of sp³-hybridized carbons (Fsp3) is 0.500. The maximum atomic E-state index is 9.49. The Hall–Kier alpha value is -1.57. The molecule has 0 bridgehead atoms. The molecule has 1 aliphatic rings. The fourth-order valence-corrected chi connectivity index (χ4v) is 2.39. The van der Waals surface area contributed by atoms with Gasteiger partial charge in [-0.2, -0.15) is 5.26 Å². The summed E-state index contributed by atoms with van der Waals surface area (Å²) in [6.07, 6.45) is 0.684. The molecule has 2 rings (SSSR count). The first-order valence-electron chi connectivity index (χ1n) is 6.29. The second-order valence-electron chi connectivity index (χ2n) is 4.97. The van der Waals surface area contributed by atoms with Crippen molar-refractivity contribution in [3.8, 4) is 11.8 Å². The minimum Gasteiger partial charge on any atom is -0.508 e. The summed E-state index contributed by atoms with van der Waals surface area (Å²) in [6.45, 7) is 5.68. The van der Waals surface area contributed by atoms with Crippen molar-refractivity contribution in [2.75, 3.05) is 26.2 Å². The number of nitriles is 1. The molecule has 1 aliphatic heterocycles. The highest BCUT2D eigenvalue weighted by Crippen LogP contribution is 2.22. The van der Waals surface area contributed by atoms with Gasteiger partial charge in [0.2, 0.25) is 0 Å².